The van der Waals surface area contributed by atoms with Crippen LogP contribution in [-0.2, 0) is 0 Å². The molecule has 3 heterocycles. The predicted molar refractivity (Wildman–Crippen MR) is 232 cm³/mol. The van der Waals surface area contributed by atoms with Crippen LogP contribution in [0.15, 0.2) is 180 Å². The first-order chi connectivity index (χ1) is 27.7. The van der Waals surface area contributed by atoms with Gasteiger partial charge in [0.25, 0.3) is 0 Å². The maximum absolute atomic E-state index is 6.29. The molecule has 0 radical (unpaired) electrons. The molecule has 7 aromatic carbocycles. The lowest BCUT2D eigenvalue weighted by atomic mass is 9.83. The highest BCUT2D eigenvalue weighted by molar-refractivity contribution is 7.26. The van der Waals surface area contributed by atoms with Crippen molar-refractivity contribution in [2.75, 3.05) is 0 Å². The summed E-state index contributed by atoms with van der Waals surface area (Å²) in [5.74, 6) is 3.03. The Kier molecular flexibility index (Phi) is 7.78. The fraction of sp³-hybridized carbons (Fsp3) is 0.0392. The van der Waals surface area contributed by atoms with Crippen molar-refractivity contribution in [3.05, 3.63) is 193 Å². The second-order valence-electron chi connectivity index (χ2n) is 14.3. The van der Waals surface area contributed by atoms with Crippen molar-refractivity contribution in [3.8, 4) is 56.4 Å². The van der Waals surface area contributed by atoms with Gasteiger partial charge in [0.1, 0.15) is 11.3 Å². The molecule has 0 amide bonds. The summed E-state index contributed by atoms with van der Waals surface area (Å²) in [6.45, 7) is 0. The molecule has 264 valence electrons. The van der Waals surface area contributed by atoms with Gasteiger partial charge in [-0.05, 0) is 65.1 Å². The van der Waals surface area contributed by atoms with Crippen molar-refractivity contribution in [1.29, 1.82) is 0 Å². The van der Waals surface area contributed by atoms with E-state index in [-0.39, 0.29) is 5.92 Å². The van der Waals surface area contributed by atoms with Crippen LogP contribution in [0, 0.1) is 0 Å². The second-order valence-corrected chi connectivity index (χ2v) is 15.3. The van der Waals surface area contributed by atoms with Crippen LogP contribution in [0.2, 0.25) is 0 Å². The molecule has 1 aliphatic carbocycles. The third-order valence-corrected chi connectivity index (χ3v) is 12.1. The van der Waals surface area contributed by atoms with Crippen LogP contribution in [0.3, 0.4) is 0 Å². The number of aromatic nitrogens is 3. The molecule has 0 fully saturated rings. The van der Waals surface area contributed by atoms with E-state index < -0.39 is 0 Å². The Balaban J connectivity index is 1.12. The summed E-state index contributed by atoms with van der Waals surface area (Å²) in [5.41, 5.74) is 11.0. The number of thiophene rings is 1. The molecule has 5 heteroatoms. The quantitative estimate of drug-likeness (QED) is 0.171. The Morgan fingerprint density at radius 3 is 1.96 bits per heavy atom. The molecule has 1 aliphatic rings. The molecule has 0 saturated carbocycles. The van der Waals surface area contributed by atoms with E-state index in [1.54, 1.807) is 0 Å². The predicted octanol–water partition coefficient (Wildman–Crippen LogP) is 13.9. The Hall–Kier alpha value is -6.95. The number of fused-ring (bicyclic) bond motifs is 6. The summed E-state index contributed by atoms with van der Waals surface area (Å²) < 4.78 is 8.73. The topological polar surface area (TPSA) is 51.8 Å². The molecule has 1 unspecified atom stereocenters. The summed E-state index contributed by atoms with van der Waals surface area (Å²) in [6, 6.07) is 59.8. The van der Waals surface area contributed by atoms with Crippen molar-refractivity contribution in [2.45, 2.75) is 12.3 Å². The molecule has 0 N–H and O–H groups in total. The zero-order valence-electron chi connectivity index (χ0n) is 30.3. The van der Waals surface area contributed by atoms with E-state index in [1.165, 1.54) is 48.2 Å². The van der Waals surface area contributed by atoms with Gasteiger partial charge >= 0.3 is 0 Å². The van der Waals surface area contributed by atoms with Crippen LogP contribution in [0.1, 0.15) is 29.2 Å². The lowest BCUT2D eigenvalue weighted by molar-refractivity contribution is 0.589. The molecule has 0 bridgehead atoms. The average molecular weight is 736 g/mol. The molecule has 56 heavy (non-hydrogen) atoms. The van der Waals surface area contributed by atoms with Crippen molar-refractivity contribution in [3.63, 3.8) is 0 Å². The van der Waals surface area contributed by atoms with Crippen LogP contribution < -0.4 is 0 Å². The minimum absolute atomic E-state index is 0.150. The van der Waals surface area contributed by atoms with Crippen LogP contribution in [0.25, 0.3) is 93.6 Å². The van der Waals surface area contributed by atoms with Gasteiger partial charge in [0.05, 0.1) is 0 Å². The van der Waals surface area contributed by atoms with E-state index in [0.29, 0.717) is 17.5 Å². The molecule has 3 aromatic heterocycles. The summed E-state index contributed by atoms with van der Waals surface area (Å²) in [7, 11) is 0. The zero-order chi connectivity index (χ0) is 37.0. The van der Waals surface area contributed by atoms with Crippen molar-refractivity contribution < 1.29 is 4.42 Å². The summed E-state index contributed by atoms with van der Waals surface area (Å²) in [6.07, 6.45) is 5.22. The standard InChI is InChI=1S/C51H33N3OS/c1-4-15-32(16-5-1)37-30-41(33-17-6-2-7-18-33)48-42(31-37)47-40(25-14-28-45(47)56-48)51-53-49(34-19-8-3-9-20-34)52-50(54-51)36-22-12-21-35(29-36)38-24-13-27-44-46(38)39-23-10-11-26-43(39)55-44/h1-23,25-31,38H,24H2. The molecule has 0 spiro atoms. The molecule has 11 rings (SSSR count). The highest BCUT2D eigenvalue weighted by Crippen LogP contribution is 2.46. The average Bonchev–Trinajstić information content (AvgIpc) is 3.86. The highest BCUT2D eigenvalue weighted by Gasteiger charge is 2.26. The Labute approximate surface area is 328 Å². The van der Waals surface area contributed by atoms with Crippen LogP contribution in [-0.4, -0.2) is 15.0 Å². The van der Waals surface area contributed by atoms with Crippen molar-refractivity contribution in [1.82, 2.24) is 15.0 Å². The van der Waals surface area contributed by atoms with Gasteiger partial charge in [0.15, 0.2) is 17.5 Å². The molecule has 1 atom stereocenters. The molecule has 10 aromatic rings. The Morgan fingerprint density at radius 1 is 0.500 bits per heavy atom. The third-order valence-electron chi connectivity index (χ3n) is 10.9. The number of furan rings is 1. The zero-order valence-corrected chi connectivity index (χ0v) is 31.1. The van der Waals surface area contributed by atoms with Gasteiger partial charge in [-0.1, -0.05) is 146 Å². The number of benzene rings is 7. The monoisotopic (exact) mass is 735 g/mol. The van der Waals surface area contributed by atoms with E-state index in [4.69, 9.17) is 19.4 Å². The number of hydrogen-bond acceptors (Lipinski definition) is 5. The molecule has 4 nitrogen and oxygen atoms in total. The lowest BCUT2D eigenvalue weighted by Crippen LogP contribution is -2.05. The molecular formula is C51H33N3OS. The number of para-hydroxylation sites is 1. The highest BCUT2D eigenvalue weighted by atomic mass is 32.1. The van der Waals surface area contributed by atoms with Crippen LogP contribution >= 0.6 is 11.3 Å². The fourth-order valence-corrected chi connectivity index (χ4v) is 9.53. The van der Waals surface area contributed by atoms with Crippen molar-refractivity contribution in [2.24, 2.45) is 0 Å². The molecule has 0 aliphatic heterocycles. The van der Waals surface area contributed by atoms with Gasteiger partial charge < -0.3 is 4.42 Å². The number of rotatable bonds is 6. The van der Waals surface area contributed by atoms with Gasteiger partial charge in [-0.2, -0.15) is 0 Å². The smallest absolute Gasteiger partial charge is 0.164 e. The summed E-state index contributed by atoms with van der Waals surface area (Å²) in [5, 5.41) is 3.51. The summed E-state index contributed by atoms with van der Waals surface area (Å²) >= 11 is 1.83. The second kappa shape index (κ2) is 13.4. The lowest BCUT2D eigenvalue weighted by Gasteiger charge is -2.20. The first kappa shape index (κ1) is 32.5. The number of nitrogens with zero attached hydrogens (tertiary/aromatic N) is 3. The van der Waals surface area contributed by atoms with Crippen molar-refractivity contribution >= 4 is 48.6 Å². The van der Waals surface area contributed by atoms with Crippen LogP contribution in [0.5, 0.6) is 0 Å². The molecule has 0 saturated heterocycles. The van der Waals surface area contributed by atoms with E-state index >= 15 is 0 Å². The van der Waals surface area contributed by atoms with Crippen LogP contribution in [0.4, 0.5) is 0 Å². The van der Waals surface area contributed by atoms with E-state index in [0.717, 1.165) is 45.2 Å². The summed E-state index contributed by atoms with van der Waals surface area (Å²) in [4.78, 5) is 15.7. The minimum Gasteiger partial charge on any atom is -0.456 e. The minimum atomic E-state index is 0.150. The fourth-order valence-electron chi connectivity index (χ4n) is 8.28. The first-order valence-corrected chi connectivity index (χ1v) is 19.8. The Morgan fingerprint density at radius 2 is 1.16 bits per heavy atom. The van der Waals surface area contributed by atoms with E-state index in [1.807, 2.05) is 35.6 Å². The van der Waals surface area contributed by atoms with Gasteiger partial charge in [-0.15, -0.1) is 11.3 Å². The largest absolute Gasteiger partial charge is 0.456 e. The first-order valence-electron chi connectivity index (χ1n) is 19.0. The SMILES string of the molecule is C1=Cc2oc3ccccc3c2C(c2cccc(-c3nc(-c4ccccc4)nc(-c4cccc5sc6c(-c7ccccc7)cc(-c7ccccc7)cc6c45)n3)c2)C1. The normalized spacial score (nSPS) is 13.8. The number of allylic oxidation sites excluding steroid dienone is 1. The number of hydrogen-bond donors (Lipinski definition) is 0. The molecular weight excluding hydrogens is 703 g/mol. The van der Waals surface area contributed by atoms with Gasteiger partial charge in [-0.3, -0.25) is 0 Å². The van der Waals surface area contributed by atoms with Gasteiger partial charge in [-0.25, -0.2) is 15.0 Å². The van der Waals surface area contributed by atoms with E-state index in [2.05, 4.69) is 158 Å². The third kappa shape index (κ3) is 5.55. The van der Waals surface area contributed by atoms with Gasteiger partial charge in [0.2, 0.25) is 0 Å². The van der Waals surface area contributed by atoms with Gasteiger partial charge in [0, 0.05) is 59.3 Å². The van der Waals surface area contributed by atoms with E-state index in [9.17, 15) is 0 Å². The Bertz CT molecular complexity index is 3110. The maximum atomic E-state index is 6.29. The maximum Gasteiger partial charge on any atom is 0.164 e.